The maximum absolute atomic E-state index is 12.3. The number of carboxylic acid groups (broad SMARTS) is 1. The van der Waals surface area contributed by atoms with Gasteiger partial charge in [0.25, 0.3) is 5.91 Å². The number of carboxylic acids is 1. The molecule has 0 saturated carbocycles. The zero-order valence-corrected chi connectivity index (χ0v) is 14.0. The lowest BCUT2D eigenvalue weighted by Crippen LogP contribution is -2.35. The van der Waals surface area contributed by atoms with Gasteiger partial charge in [-0.05, 0) is 37.5 Å². The van der Waals surface area contributed by atoms with Crippen LogP contribution in [0.4, 0.5) is 0 Å². The predicted molar refractivity (Wildman–Crippen MR) is 85.6 cm³/mol. The molecule has 1 aromatic rings. The first kappa shape index (κ1) is 18.3. The Hall–Kier alpha value is -1.75. The molecule has 0 unspecified atom stereocenters. The number of hydrogen-bond donors (Lipinski definition) is 2. The molecule has 0 saturated heterocycles. The number of benzene rings is 1. The molecule has 0 heterocycles. The molecule has 0 aliphatic rings. The number of carbonyl (C=O) groups is 2. The standard InChI is InChI=1S/C16H22ClNO4/c1-10(2)22-13-6-5-11(17)7-12(13)15(21)18-9-16(3,4)8-14(19)20/h5-7,10H,8-9H2,1-4H3,(H,18,21)(H,19,20). The normalized spacial score (nSPS) is 11.4. The zero-order valence-electron chi connectivity index (χ0n) is 13.3. The van der Waals surface area contributed by atoms with Gasteiger partial charge in [-0.1, -0.05) is 25.4 Å². The van der Waals surface area contributed by atoms with Crippen molar-refractivity contribution >= 4 is 23.5 Å². The summed E-state index contributed by atoms with van der Waals surface area (Å²) in [5.74, 6) is -0.782. The van der Waals surface area contributed by atoms with E-state index < -0.39 is 11.4 Å². The lowest BCUT2D eigenvalue weighted by atomic mass is 9.89. The van der Waals surface area contributed by atoms with Crippen LogP contribution in [0.2, 0.25) is 5.02 Å². The van der Waals surface area contributed by atoms with Gasteiger partial charge >= 0.3 is 5.97 Å². The van der Waals surface area contributed by atoms with Crippen LogP contribution < -0.4 is 10.1 Å². The molecule has 2 N–H and O–H groups in total. The third kappa shape index (κ3) is 5.93. The van der Waals surface area contributed by atoms with Crippen LogP contribution in [0, 0.1) is 5.41 Å². The van der Waals surface area contributed by atoms with E-state index in [0.717, 1.165) is 0 Å². The van der Waals surface area contributed by atoms with Gasteiger partial charge < -0.3 is 15.2 Å². The Bertz CT molecular complexity index is 555. The van der Waals surface area contributed by atoms with Gasteiger partial charge in [0.1, 0.15) is 5.75 Å². The van der Waals surface area contributed by atoms with E-state index in [4.69, 9.17) is 21.4 Å². The van der Waals surface area contributed by atoms with Crippen molar-refractivity contribution in [2.24, 2.45) is 5.41 Å². The number of amides is 1. The first-order valence-electron chi connectivity index (χ1n) is 7.07. The smallest absolute Gasteiger partial charge is 0.303 e. The van der Waals surface area contributed by atoms with Gasteiger partial charge in [0.2, 0.25) is 0 Å². The van der Waals surface area contributed by atoms with Gasteiger partial charge in [-0.3, -0.25) is 9.59 Å². The van der Waals surface area contributed by atoms with Crippen LogP contribution in [0.1, 0.15) is 44.5 Å². The van der Waals surface area contributed by atoms with E-state index in [1.54, 1.807) is 32.0 Å². The van der Waals surface area contributed by atoms with Crippen LogP contribution in [0.15, 0.2) is 18.2 Å². The lowest BCUT2D eigenvalue weighted by Gasteiger charge is -2.23. The minimum Gasteiger partial charge on any atom is -0.490 e. The van der Waals surface area contributed by atoms with Gasteiger partial charge in [-0.15, -0.1) is 0 Å². The molecule has 1 aromatic carbocycles. The Morgan fingerprint density at radius 2 is 2.00 bits per heavy atom. The fraction of sp³-hybridized carbons (Fsp3) is 0.500. The van der Waals surface area contributed by atoms with Gasteiger partial charge in [0.15, 0.2) is 0 Å². The minimum absolute atomic E-state index is 0.0296. The summed E-state index contributed by atoms with van der Waals surface area (Å²) in [5.41, 5.74) is -0.202. The first-order valence-corrected chi connectivity index (χ1v) is 7.45. The Kier molecular flexibility index (Phi) is 6.23. The minimum atomic E-state index is -0.897. The van der Waals surface area contributed by atoms with Crippen molar-refractivity contribution in [3.63, 3.8) is 0 Å². The van der Waals surface area contributed by atoms with Crippen LogP contribution in [0.5, 0.6) is 5.75 Å². The number of nitrogens with one attached hydrogen (secondary N) is 1. The van der Waals surface area contributed by atoms with Crippen molar-refractivity contribution in [1.82, 2.24) is 5.32 Å². The molecule has 5 nitrogen and oxygen atoms in total. The molecule has 22 heavy (non-hydrogen) atoms. The summed E-state index contributed by atoms with van der Waals surface area (Å²) < 4.78 is 5.60. The predicted octanol–water partition coefficient (Wildman–Crippen LogP) is 3.36. The van der Waals surface area contributed by atoms with E-state index in [0.29, 0.717) is 16.3 Å². The van der Waals surface area contributed by atoms with Gasteiger partial charge in [0.05, 0.1) is 18.1 Å². The molecule has 0 aliphatic carbocycles. The average molecular weight is 328 g/mol. The molecule has 0 radical (unpaired) electrons. The molecule has 0 bridgehead atoms. The third-order valence-corrected chi connectivity index (χ3v) is 3.14. The number of aliphatic carboxylic acids is 1. The summed E-state index contributed by atoms with van der Waals surface area (Å²) in [4.78, 5) is 23.1. The summed E-state index contributed by atoms with van der Waals surface area (Å²) in [7, 11) is 0. The highest BCUT2D eigenvalue weighted by atomic mass is 35.5. The second kappa shape index (κ2) is 7.49. The highest BCUT2D eigenvalue weighted by Crippen LogP contribution is 2.25. The molecule has 0 aromatic heterocycles. The summed E-state index contributed by atoms with van der Waals surface area (Å²) in [6, 6.07) is 4.85. The first-order chi connectivity index (χ1) is 10.1. The van der Waals surface area contributed by atoms with Crippen molar-refractivity contribution in [2.75, 3.05) is 6.54 Å². The van der Waals surface area contributed by atoms with E-state index in [1.807, 2.05) is 13.8 Å². The molecule has 0 atom stereocenters. The molecular weight excluding hydrogens is 306 g/mol. The molecule has 0 spiro atoms. The summed E-state index contributed by atoms with van der Waals surface area (Å²) in [6.07, 6.45) is -0.103. The molecule has 122 valence electrons. The van der Waals surface area contributed by atoms with Crippen molar-refractivity contribution in [2.45, 2.75) is 40.2 Å². The highest BCUT2D eigenvalue weighted by Gasteiger charge is 2.23. The Labute approximate surface area is 135 Å². The van der Waals surface area contributed by atoms with E-state index in [1.165, 1.54) is 0 Å². The second-order valence-electron chi connectivity index (χ2n) is 6.22. The van der Waals surface area contributed by atoms with Crippen molar-refractivity contribution in [3.05, 3.63) is 28.8 Å². The highest BCUT2D eigenvalue weighted by molar-refractivity contribution is 6.31. The summed E-state index contributed by atoms with van der Waals surface area (Å²) in [6.45, 7) is 7.54. The average Bonchev–Trinajstić information content (AvgIpc) is 2.36. The van der Waals surface area contributed by atoms with Gasteiger partial charge in [-0.25, -0.2) is 0 Å². The van der Waals surface area contributed by atoms with Crippen LogP contribution in [0.3, 0.4) is 0 Å². The second-order valence-corrected chi connectivity index (χ2v) is 6.66. The topological polar surface area (TPSA) is 75.6 Å². The van der Waals surface area contributed by atoms with Gasteiger partial charge in [-0.2, -0.15) is 0 Å². The van der Waals surface area contributed by atoms with E-state index >= 15 is 0 Å². The summed E-state index contributed by atoms with van der Waals surface area (Å²) >= 11 is 5.94. The Morgan fingerprint density at radius 1 is 1.36 bits per heavy atom. The number of rotatable bonds is 7. The van der Waals surface area contributed by atoms with E-state index in [2.05, 4.69) is 5.32 Å². The zero-order chi connectivity index (χ0) is 16.9. The largest absolute Gasteiger partial charge is 0.490 e. The fourth-order valence-corrected chi connectivity index (χ4v) is 2.10. The molecular formula is C16H22ClNO4. The Morgan fingerprint density at radius 3 is 2.55 bits per heavy atom. The van der Waals surface area contributed by atoms with Crippen LogP contribution in [-0.2, 0) is 4.79 Å². The third-order valence-electron chi connectivity index (χ3n) is 2.91. The monoisotopic (exact) mass is 327 g/mol. The fourth-order valence-electron chi connectivity index (χ4n) is 1.92. The summed E-state index contributed by atoms with van der Waals surface area (Å²) in [5, 5.41) is 12.0. The van der Waals surface area contributed by atoms with Crippen molar-refractivity contribution < 1.29 is 19.4 Å². The number of halogens is 1. The van der Waals surface area contributed by atoms with Crippen molar-refractivity contribution in [3.8, 4) is 5.75 Å². The van der Waals surface area contributed by atoms with Crippen LogP contribution >= 0.6 is 11.6 Å². The van der Waals surface area contributed by atoms with Gasteiger partial charge in [0, 0.05) is 11.6 Å². The Balaban J connectivity index is 2.84. The molecule has 6 heteroatoms. The quantitative estimate of drug-likeness (QED) is 0.805. The van der Waals surface area contributed by atoms with Crippen LogP contribution in [0.25, 0.3) is 0 Å². The number of ether oxygens (including phenoxy) is 1. The molecule has 1 amide bonds. The number of hydrogen-bond acceptors (Lipinski definition) is 3. The number of carbonyl (C=O) groups excluding carboxylic acids is 1. The molecule has 0 fully saturated rings. The van der Waals surface area contributed by atoms with E-state index in [9.17, 15) is 9.59 Å². The van der Waals surface area contributed by atoms with E-state index in [-0.39, 0.29) is 25.0 Å². The van der Waals surface area contributed by atoms with Crippen molar-refractivity contribution in [1.29, 1.82) is 0 Å². The molecule has 1 rings (SSSR count). The lowest BCUT2D eigenvalue weighted by molar-refractivity contribution is -0.139. The maximum Gasteiger partial charge on any atom is 0.303 e. The maximum atomic E-state index is 12.3. The van der Waals surface area contributed by atoms with Crippen LogP contribution in [-0.4, -0.2) is 29.6 Å². The SMILES string of the molecule is CC(C)Oc1ccc(Cl)cc1C(=O)NCC(C)(C)CC(=O)O. The molecule has 0 aliphatic heterocycles.